The van der Waals surface area contributed by atoms with Gasteiger partial charge in [0.25, 0.3) is 5.91 Å². The zero-order valence-corrected chi connectivity index (χ0v) is 18.8. The molecule has 3 aromatic carbocycles. The number of hydrogen-bond acceptors (Lipinski definition) is 5. The van der Waals surface area contributed by atoms with E-state index < -0.39 is 21.8 Å². The molecule has 0 saturated heterocycles. The van der Waals surface area contributed by atoms with Gasteiger partial charge in [0, 0.05) is 18.2 Å². The minimum atomic E-state index is -4.11. The topological polar surface area (TPSA) is 72.9 Å². The van der Waals surface area contributed by atoms with Gasteiger partial charge in [-0.05, 0) is 56.3 Å². The number of hydrogen-bond donors (Lipinski definition) is 0. The molecule has 168 valence electrons. The molecule has 3 aromatic rings. The van der Waals surface area contributed by atoms with Gasteiger partial charge >= 0.3 is 10.1 Å². The number of rotatable bonds is 8. The van der Waals surface area contributed by atoms with Crippen LogP contribution >= 0.6 is 0 Å². The molecule has 32 heavy (non-hydrogen) atoms. The summed E-state index contributed by atoms with van der Waals surface area (Å²) in [6.07, 6.45) is 0. The molecule has 0 heterocycles. The highest BCUT2D eigenvalue weighted by atomic mass is 32.2. The van der Waals surface area contributed by atoms with E-state index in [1.165, 1.54) is 60.5 Å². The van der Waals surface area contributed by atoms with E-state index >= 15 is 0 Å². The van der Waals surface area contributed by atoms with Crippen molar-refractivity contribution in [1.29, 1.82) is 0 Å². The van der Waals surface area contributed by atoms with E-state index in [2.05, 4.69) is 0 Å². The third-order valence-corrected chi connectivity index (χ3v) is 6.10. The molecule has 6 nitrogen and oxygen atoms in total. The predicted molar refractivity (Wildman–Crippen MR) is 119 cm³/mol. The molecule has 0 aliphatic rings. The summed E-state index contributed by atoms with van der Waals surface area (Å²) in [4.78, 5) is 14.4. The SMILES string of the molecule is COc1ccc(S(=O)(=O)Oc2ccccc2CN(C(=O)c2ccccc2F)C(C)C)cc1. The van der Waals surface area contributed by atoms with Crippen molar-refractivity contribution in [3.63, 3.8) is 0 Å². The van der Waals surface area contributed by atoms with Gasteiger partial charge in [0.2, 0.25) is 0 Å². The molecule has 0 aromatic heterocycles. The molecule has 0 atom stereocenters. The molecule has 0 radical (unpaired) electrons. The number of carbonyl (C=O) groups is 1. The van der Waals surface area contributed by atoms with Crippen molar-refractivity contribution < 1.29 is 26.5 Å². The van der Waals surface area contributed by atoms with Gasteiger partial charge in [0.1, 0.15) is 22.2 Å². The lowest BCUT2D eigenvalue weighted by Gasteiger charge is -2.28. The van der Waals surface area contributed by atoms with Crippen LogP contribution in [0, 0.1) is 5.82 Å². The van der Waals surface area contributed by atoms with Crippen molar-refractivity contribution in [2.75, 3.05) is 7.11 Å². The maximum Gasteiger partial charge on any atom is 0.339 e. The second kappa shape index (κ2) is 9.82. The fraction of sp³-hybridized carbons (Fsp3) is 0.208. The van der Waals surface area contributed by atoms with Gasteiger partial charge in [-0.25, -0.2) is 4.39 Å². The molecule has 8 heteroatoms. The molecular weight excluding hydrogens is 433 g/mol. The number of benzene rings is 3. The minimum absolute atomic E-state index is 0.0312. The van der Waals surface area contributed by atoms with Crippen LogP contribution in [-0.2, 0) is 16.7 Å². The van der Waals surface area contributed by atoms with Crippen LogP contribution in [0.2, 0.25) is 0 Å². The molecule has 0 spiro atoms. The molecule has 0 fully saturated rings. The number of halogens is 1. The second-order valence-electron chi connectivity index (χ2n) is 7.33. The summed E-state index contributed by atoms with van der Waals surface area (Å²) in [7, 11) is -2.63. The van der Waals surface area contributed by atoms with Gasteiger partial charge in [-0.1, -0.05) is 30.3 Å². The number of methoxy groups -OCH3 is 1. The smallest absolute Gasteiger partial charge is 0.339 e. The van der Waals surface area contributed by atoms with Crippen LogP contribution in [0.3, 0.4) is 0 Å². The summed E-state index contributed by atoms with van der Waals surface area (Å²) in [6, 6.07) is 17.8. The van der Waals surface area contributed by atoms with Crippen molar-refractivity contribution in [3.8, 4) is 11.5 Å². The van der Waals surface area contributed by atoms with E-state index in [0.717, 1.165) is 0 Å². The summed E-state index contributed by atoms with van der Waals surface area (Å²) < 4.78 is 50.2. The lowest BCUT2D eigenvalue weighted by molar-refractivity contribution is 0.0685. The van der Waals surface area contributed by atoms with E-state index in [4.69, 9.17) is 8.92 Å². The first kappa shape index (κ1) is 23.3. The van der Waals surface area contributed by atoms with E-state index in [9.17, 15) is 17.6 Å². The molecule has 0 N–H and O–H groups in total. The van der Waals surface area contributed by atoms with Gasteiger partial charge < -0.3 is 13.8 Å². The molecule has 0 unspecified atom stereocenters. The lowest BCUT2D eigenvalue weighted by Crippen LogP contribution is -2.37. The average molecular weight is 458 g/mol. The van der Waals surface area contributed by atoms with E-state index in [0.29, 0.717) is 11.3 Å². The average Bonchev–Trinajstić information content (AvgIpc) is 2.78. The Morgan fingerprint density at radius 3 is 2.22 bits per heavy atom. The molecule has 0 bridgehead atoms. The highest BCUT2D eigenvalue weighted by molar-refractivity contribution is 7.87. The molecule has 0 aliphatic carbocycles. The highest BCUT2D eigenvalue weighted by Crippen LogP contribution is 2.26. The van der Waals surface area contributed by atoms with Crippen LogP contribution in [0.1, 0.15) is 29.8 Å². The quantitative estimate of drug-likeness (QED) is 0.460. The lowest BCUT2D eigenvalue weighted by atomic mass is 10.1. The number of amides is 1. The largest absolute Gasteiger partial charge is 0.497 e. The van der Waals surface area contributed by atoms with Crippen molar-refractivity contribution in [3.05, 3.63) is 89.7 Å². The predicted octanol–water partition coefficient (Wildman–Crippen LogP) is 4.65. The third-order valence-electron chi connectivity index (χ3n) is 4.85. The van der Waals surface area contributed by atoms with Gasteiger partial charge in [-0.15, -0.1) is 0 Å². The Labute approximate surface area is 187 Å². The summed E-state index contributed by atoms with van der Waals surface area (Å²) >= 11 is 0. The maximum absolute atomic E-state index is 14.2. The Balaban J connectivity index is 1.89. The third kappa shape index (κ3) is 5.26. The van der Waals surface area contributed by atoms with Crippen molar-refractivity contribution >= 4 is 16.0 Å². The zero-order valence-electron chi connectivity index (χ0n) is 18.0. The summed E-state index contributed by atoms with van der Waals surface area (Å²) in [5, 5.41) is 0. The highest BCUT2D eigenvalue weighted by Gasteiger charge is 2.24. The van der Waals surface area contributed by atoms with Gasteiger partial charge in [0.05, 0.1) is 12.7 Å². The second-order valence-corrected chi connectivity index (χ2v) is 8.87. The molecule has 3 rings (SSSR count). The normalized spacial score (nSPS) is 11.3. The summed E-state index contributed by atoms with van der Waals surface area (Å²) in [5.74, 6) is -0.500. The maximum atomic E-state index is 14.2. The van der Waals surface area contributed by atoms with Crippen molar-refractivity contribution in [2.24, 2.45) is 0 Å². The Morgan fingerprint density at radius 1 is 0.969 bits per heavy atom. The first-order chi connectivity index (χ1) is 15.2. The van der Waals surface area contributed by atoms with Crippen molar-refractivity contribution in [1.82, 2.24) is 4.90 Å². The van der Waals surface area contributed by atoms with Gasteiger partial charge in [-0.2, -0.15) is 8.42 Å². The fourth-order valence-corrected chi connectivity index (χ4v) is 4.05. The number of para-hydroxylation sites is 1. The first-order valence-corrected chi connectivity index (χ1v) is 11.4. The van der Waals surface area contributed by atoms with Gasteiger partial charge in [0.15, 0.2) is 0 Å². The van der Waals surface area contributed by atoms with Crippen LogP contribution in [0.4, 0.5) is 4.39 Å². The summed E-state index contributed by atoms with van der Waals surface area (Å²) in [6.45, 7) is 3.64. The Hall–Kier alpha value is -3.39. The van der Waals surface area contributed by atoms with Crippen molar-refractivity contribution in [2.45, 2.75) is 31.3 Å². The van der Waals surface area contributed by atoms with Crippen LogP contribution in [0.15, 0.2) is 77.7 Å². The van der Waals surface area contributed by atoms with E-state index in [1.54, 1.807) is 38.1 Å². The Bertz CT molecular complexity index is 1190. The molecule has 0 saturated carbocycles. The fourth-order valence-electron chi connectivity index (χ4n) is 3.09. The minimum Gasteiger partial charge on any atom is -0.497 e. The van der Waals surface area contributed by atoms with Gasteiger partial charge in [-0.3, -0.25) is 4.79 Å². The Kier molecular flexibility index (Phi) is 7.15. The van der Waals surface area contributed by atoms with E-state index in [1.807, 2.05) is 0 Å². The number of nitrogens with zero attached hydrogens (tertiary/aromatic N) is 1. The van der Waals surface area contributed by atoms with Crippen LogP contribution in [0.25, 0.3) is 0 Å². The first-order valence-electron chi connectivity index (χ1n) is 9.95. The summed E-state index contributed by atoms with van der Waals surface area (Å²) in [5.41, 5.74) is 0.424. The zero-order chi connectivity index (χ0) is 23.3. The number of carbonyl (C=O) groups excluding carboxylic acids is 1. The molecular formula is C24H24FNO5S. The van der Waals surface area contributed by atoms with Crippen LogP contribution < -0.4 is 8.92 Å². The molecule has 0 aliphatic heterocycles. The van der Waals surface area contributed by atoms with Crippen LogP contribution in [-0.4, -0.2) is 32.4 Å². The van der Waals surface area contributed by atoms with E-state index in [-0.39, 0.29) is 28.8 Å². The monoisotopic (exact) mass is 457 g/mol. The number of ether oxygens (including phenoxy) is 1. The Morgan fingerprint density at radius 2 is 1.59 bits per heavy atom. The standard InChI is InChI=1S/C24H24FNO5S/c1-17(2)26(24(27)21-9-5-6-10-22(21)25)16-18-8-4-7-11-23(18)31-32(28,29)20-14-12-19(30-3)13-15-20/h4-15,17H,16H2,1-3H3. The van der Waals surface area contributed by atoms with Crippen LogP contribution in [0.5, 0.6) is 11.5 Å². The molecule has 1 amide bonds.